The normalized spacial score (nSPS) is 11.0. The zero-order valence-corrected chi connectivity index (χ0v) is 12.8. The molecule has 0 saturated carbocycles. The van der Waals surface area contributed by atoms with Gasteiger partial charge in [0.05, 0.1) is 5.39 Å². The maximum Gasteiger partial charge on any atom is 0.260 e. The lowest BCUT2D eigenvalue weighted by molar-refractivity contribution is 0.475. The number of fused-ring (bicyclic) bond motifs is 1. The molecule has 0 aliphatic rings. The van der Waals surface area contributed by atoms with Crippen LogP contribution in [0.4, 0.5) is 0 Å². The summed E-state index contributed by atoms with van der Waals surface area (Å²) in [5.41, 5.74) is 2.51. The lowest BCUT2D eigenvalue weighted by atomic mass is 10.1. The summed E-state index contributed by atoms with van der Waals surface area (Å²) in [5, 5.41) is 11.9. The van der Waals surface area contributed by atoms with E-state index in [2.05, 4.69) is 9.97 Å². The van der Waals surface area contributed by atoms with E-state index in [4.69, 9.17) is 0 Å². The maximum absolute atomic E-state index is 12.6. The average Bonchev–Trinajstić information content (AvgIpc) is 3.01. The maximum atomic E-state index is 12.6. The highest BCUT2D eigenvalue weighted by Crippen LogP contribution is 2.31. The van der Waals surface area contributed by atoms with Gasteiger partial charge in [0.15, 0.2) is 0 Å². The molecule has 0 radical (unpaired) electrons. The molecule has 4 rings (SSSR count). The van der Waals surface area contributed by atoms with Gasteiger partial charge in [-0.25, -0.2) is 4.98 Å². The van der Waals surface area contributed by atoms with Gasteiger partial charge in [0, 0.05) is 16.5 Å². The smallest absolute Gasteiger partial charge is 0.260 e. The van der Waals surface area contributed by atoms with Crippen LogP contribution >= 0.6 is 11.3 Å². The van der Waals surface area contributed by atoms with Crippen molar-refractivity contribution in [2.24, 2.45) is 0 Å². The van der Waals surface area contributed by atoms with Gasteiger partial charge in [-0.3, -0.25) is 4.79 Å². The van der Waals surface area contributed by atoms with Crippen molar-refractivity contribution in [1.82, 2.24) is 9.97 Å². The third-order valence-electron chi connectivity index (χ3n) is 3.67. The van der Waals surface area contributed by atoms with Gasteiger partial charge in [-0.1, -0.05) is 30.3 Å². The number of hydrogen-bond acceptors (Lipinski definition) is 4. The van der Waals surface area contributed by atoms with Crippen LogP contribution in [0.2, 0.25) is 0 Å². The number of phenols is 1. The second kappa shape index (κ2) is 5.37. The topological polar surface area (TPSA) is 66.0 Å². The van der Waals surface area contributed by atoms with Crippen LogP contribution in [0, 0.1) is 0 Å². The van der Waals surface area contributed by atoms with Crippen LogP contribution in [0.5, 0.6) is 5.75 Å². The Hall–Kier alpha value is -2.92. The third kappa shape index (κ3) is 2.41. The summed E-state index contributed by atoms with van der Waals surface area (Å²) in [5.74, 6) is 0.684. The Morgan fingerprint density at radius 2 is 1.70 bits per heavy atom. The van der Waals surface area contributed by atoms with Crippen LogP contribution in [-0.2, 0) is 0 Å². The lowest BCUT2D eigenvalue weighted by Gasteiger charge is -2.02. The Kier molecular flexibility index (Phi) is 3.20. The fraction of sp³-hybridized carbons (Fsp3) is 0. The van der Waals surface area contributed by atoms with Crippen LogP contribution in [0.15, 0.2) is 64.8 Å². The second-order valence-electron chi connectivity index (χ2n) is 5.16. The highest BCUT2D eigenvalue weighted by Gasteiger charge is 2.13. The first-order valence-corrected chi connectivity index (χ1v) is 7.97. The minimum atomic E-state index is -0.154. The highest BCUT2D eigenvalue weighted by molar-refractivity contribution is 7.17. The predicted molar refractivity (Wildman–Crippen MR) is 92.8 cm³/mol. The Morgan fingerprint density at radius 3 is 2.43 bits per heavy atom. The van der Waals surface area contributed by atoms with Crippen LogP contribution in [0.3, 0.4) is 0 Å². The van der Waals surface area contributed by atoms with Crippen molar-refractivity contribution in [2.75, 3.05) is 0 Å². The summed E-state index contributed by atoms with van der Waals surface area (Å²) in [6.07, 6.45) is 0. The molecule has 23 heavy (non-hydrogen) atoms. The van der Waals surface area contributed by atoms with Gasteiger partial charge in [-0.2, -0.15) is 0 Å². The minimum absolute atomic E-state index is 0.154. The first-order valence-electron chi connectivity index (χ1n) is 7.09. The zero-order chi connectivity index (χ0) is 15.8. The van der Waals surface area contributed by atoms with E-state index < -0.39 is 0 Å². The number of aromatic nitrogens is 2. The average molecular weight is 320 g/mol. The summed E-state index contributed by atoms with van der Waals surface area (Å²) < 4.78 is 0. The number of thiophene rings is 1. The third-order valence-corrected chi connectivity index (χ3v) is 4.54. The van der Waals surface area contributed by atoms with Gasteiger partial charge in [-0.05, 0) is 29.8 Å². The molecule has 0 bridgehead atoms. The van der Waals surface area contributed by atoms with E-state index in [9.17, 15) is 9.90 Å². The van der Waals surface area contributed by atoms with E-state index in [1.165, 1.54) is 11.3 Å². The van der Waals surface area contributed by atoms with Gasteiger partial charge < -0.3 is 10.1 Å². The van der Waals surface area contributed by atoms with Crippen LogP contribution in [0.25, 0.3) is 32.7 Å². The molecule has 0 saturated heterocycles. The number of nitrogens with zero attached hydrogens (tertiary/aromatic N) is 1. The van der Waals surface area contributed by atoms with Crippen LogP contribution < -0.4 is 5.56 Å². The van der Waals surface area contributed by atoms with Crippen LogP contribution in [0.1, 0.15) is 0 Å². The molecule has 2 N–H and O–H groups in total. The van der Waals surface area contributed by atoms with Gasteiger partial charge in [-0.15, -0.1) is 11.3 Å². The van der Waals surface area contributed by atoms with E-state index in [1.807, 2.05) is 35.7 Å². The standard InChI is InChI=1S/C18H12N2O2S/c21-13-8-6-12(7-9-13)16-19-17(22)15-14(10-23-18(15)20-16)11-4-2-1-3-5-11/h1-10,21H,(H,19,20,22). The Balaban J connectivity index is 1.91. The van der Waals surface area contributed by atoms with E-state index in [-0.39, 0.29) is 11.3 Å². The zero-order valence-electron chi connectivity index (χ0n) is 12.0. The Labute approximate surface area is 135 Å². The van der Waals surface area contributed by atoms with Gasteiger partial charge in [0.25, 0.3) is 5.56 Å². The Bertz CT molecular complexity index is 1030. The van der Waals surface area contributed by atoms with Crippen LogP contribution in [-0.4, -0.2) is 15.1 Å². The molecule has 5 heteroatoms. The lowest BCUT2D eigenvalue weighted by Crippen LogP contribution is -2.08. The fourth-order valence-corrected chi connectivity index (χ4v) is 3.48. The van der Waals surface area contributed by atoms with Gasteiger partial charge in [0.2, 0.25) is 0 Å². The molecule has 4 aromatic rings. The molecule has 0 spiro atoms. The SMILES string of the molecule is O=c1[nH]c(-c2ccc(O)cc2)nc2scc(-c3ccccc3)c12. The van der Waals surface area contributed by atoms with E-state index in [1.54, 1.807) is 24.3 Å². The van der Waals surface area contributed by atoms with Crippen molar-refractivity contribution in [3.63, 3.8) is 0 Å². The molecule has 0 atom stereocenters. The van der Waals surface area contributed by atoms with Crippen molar-refractivity contribution in [3.8, 4) is 28.3 Å². The molecule has 0 unspecified atom stereocenters. The molecule has 0 aliphatic heterocycles. The van der Waals surface area contributed by atoms with Crippen molar-refractivity contribution < 1.29 is 5.11 Å². The molecular formula is C18H12N2O2S. The van der Waals surface area contributed by atoms with Gasteiger partial charge in [0.1, 0.15) is 16.4 Å². The number of H-pyrrole nitrogens is 1. The van der Waals surface area contributed by atoms with Crippen molar-refractivity contribution in [2.45, 2.75) is 0 Å². The van der Waals surface area contributed by atoms with Crippen molar-refractivity contribution in [1.29, 1.82) is 0 Å². The molecule has 2 heterocycles. The molecule has 2 aromatic heterocycles. The largest absolute Gasteiger partial charge is 0.508 e. The molecule has 0 aliphatic carbocycles. The number of hydrogen-bond donors (Lipinski definition) is 2. The first kappa shape index (κ1) is 13.7. The number of benzene rings is 2. The minimum Gasteiger partial charge on any atom is -0.508 e. The predicted octanol–water partition coefficient (Wildman–Crippen LogP) is 4.02. The molecule has 2 aromatic carbocycles. The first-order chi connectivity index (χ1) is 11.2. The molecule has 4 nitrogen and oxygen atoms in total. The summed E-state index contributed by atoms with van der Waals surface area (Å²) >= 11 is 1.45. The molecule has 112 valence electrons. The van der Waals surface area contributed by atoms with Gasteiger partial charge >= 0.3 is 0 Å². The highest BCUT2D eigenvalue weighted by atomic mass is 32.1. The molecule has 0 fully saturated rings. The molecular weight excluding hydrogens is 308 g/mol. The van der Waals surface area contributed by atoms with Crippen molar-refractivity contribution in [3.05, 3.63) is 70.3 Å². The van der Waals surface area contributed by atoms with E-state index >= 15 is 0 Å². The summed E-state index contributed by atoms with van der Waals surface area (Å²) in [6.45, 7) is 0. The molecule has 0 amide bonds. The monoisotopic (exact) mass is 320 g/mol. The summed E-state index contributed by atoms with van der Waals surface area (Å²) in [4.78, 5) is 20.7. The number of nitrogens with one attached hydrogen (secondary N) is 1. The van der Waals surface area contributed by atoms with Crippen molar-refractivity contribution >= 4 is 21.6 Å². The quantitative estimate of drug-likeness (QED) is 0.586. The number of aromatic hydroxyl groups is 1. The summed E-state index contributed by atoms with van der Waals surface area (Å²) in [6, 6.07) is 16.4. The Morgan fingerprint density at radius 1 is 0.957 bits per heavy atom. The number of phenolic OH excluding ortho intramolecular Hbond substituents is 1. The van der Waals surface area contributed by atoms with E-state index in [0.717, 1.165) is 16.7 Å². The number of rotatable bonds is 2. The second-order valence-corrected chi connectivity index (χ2v) is 6.02. The number of aromatic amines is 1. The van der Waals surface area contributed by atoms with E-state index in [0.29, 0.717) is 16.0 Å². The summed E-state index contributed by atoms with van der Waals surface area (Å²) in [7, 11) is 0. The fourth-order valence-electron chi connectivity index (χ4n) is 2.54.